The van der Waals surface area contributed by atoms with Crippen LogP contribution in [0.5, 0.6) is 0 Å². The molecule has 0 radical (unpaired) electrons. The second-order valence-electron chi connectivity index (χ2n) is 9.10. The Morgan fingerprint density at radius 3 is 2.79 bits per heavy atom. The molecule has 3 N–H and O–H groups in total. The molecule has 9 nitrogen and oxygen atoms in total. The Balaban J connectivity index is 1.22. The third-order valence-corrected chi connectivity index (χ3v) is 7.53. The molecule has 2 aliphatic heterocycles. The first-order valence-corrected chi connectivity index (χ1v) is 12.6. The molecule has 2 saturated heterocycles. The lowest BCUT2D eigenvalue weighted by atomic mass is 9.81. The third-order valence-electron chi connectivity index (χ3n) is 6.73. The van der Waals surface area contributed by atoms with E-state index in [-0.39, 0.29) is 24.0 Å². The highest BCUT2D eigenvalue weighted by atomic mass is 32.1. The van der Waals surface area contributed by atoms with E-state index in [1.807, 2.05) is 36.6 Å². The number of aryl methyl sites for hydroxylation is 1. The summed E-state index contributed by atoms with van der Waals surface area (Å²) in [6, 6.07) is 8.30. The molecular formula is C24H26N8OS. The van der Waals surface area contributed by atoms with Crippen molar-refractivity contribution in [2.24, 2.45) is 0 Å². The van der Waals surface area contributed by atoms with Crippen molar-refractivity contribution in [1.29, 1.82) is 0 Å². The first-order valence-electron chi connectivity index (χ1n) is 11.7. The largest absolute Gasteiger partial charge is 0.351 e. The Hall–Kier alpha value is -3.53. The maximum atomic E-state index is 13.2. The van der Waals surface area contributed by atoms with Gasteiger partial charge in [0.1, 0.15) is 10.6 Å². The molecule has 4 aromatic heterocycles. The molecule has 3 atom stereocenters. The fourth-order valence-corrected chi connectivity index (χ4v) is 6.03. The van der Waals surface area contributed by atoms with Crippen molar-refractivity contribution in [3.8, 4) is 0 Å². The van der Waals surface area contributed by atoms with Crippen LogP contribution in [-0.4, -0.2) is 54.1 Å². The second kappa shape index (κ2) is 8.68. The number of thiophene rings is 1. The number of H-pyrrole nitrogens is 1. The first-order chi connectivity index (χ1) is 16.6. The molecule has 2 fully saturated rings. The number of nitrogens with zero attached hydrogens (tertiary/aromatic N) is 5. The van der Waals surface area contributed by atoms with Crippen molar-refractivity contribution in [1.82, 2.24) is 30.0 Å². The van der Waals surface area contributed by atoms with Crippen molar-refractivity contribution in [2.75, 3.05) is 10.6 Å². The number of fused-ring (bicyclic) bond motifs is 3. The van der Waals surface area contributed by atoms with Crippen molar-refractivity contribution in [2.45, 2.75) is 57.2 Å². The van der Waals surface area contributed by atoms with E-state index in [0.29, 0.717) is 11.5 Å². The van der Waals surface area contributed by atoms with Gasteiger partial charge < -0.3 is 15.5 Å². The quantitative estimate of drug-likeness (QED) is 0.390. The number of carbonyl (C=O) groups is 1. The van der Waals surface area contributed by atoms with E-state index in [9.17, 15) is 4.79 Å². The van der Waals surface area contributed by atoms with Gasteiger partial charge in [-0.1, -0.05) is 0 Å². The number of nitrogens with one attached hydrogen (secondary N) is 3. The van der Waals surface area contributed by atoms with Crippen LogP contribution in [0.15, 0.2) is 42.0 Å². The van der Waals surface area contributed by atoms with E-state index in [0.717, 1.165) is 59.7 Å². The molecular weight excluding hydrogens is 448 g/mol. The number of rotatable bonds is 5. The molecule has 0 aromatic carbocycles. The van der Waals surface area contributed by atoms with Crippen LogP contribution < -0.4 is 10.6 Å². The molecule has 0 aliphatic carbocycles. The second-order valence-corrected chi connectivity index (χ2v) is 10.00. The molecule has 174 valence electrons. The molecule has 2 bridgehead atoms. The van der Waals surface area contributed by atoms with Crippen LogP contribution in [0, 0.1) is 6.92 Å². The van der Waals surface area contributed by atoms with Crippen molar-refractivity contribution in [3.05, 3.63) is 53.3 Å². The fourth-order valence-electron chi connectivity index (χ4n) is 5.27. The van der Waals surface area contributed by atoms with Crippen LogP contribution in [-0.2, 0) is 0 Å². The van der Waals surface area contributed by atoms with E-state index in [4.69, 9.17) is 9.97 Å². The van der Waals surface area contributed by atoms with Gasteiger partial charge in [0.2, 0.25) is 5.95 Å². The summed E-state index contributed by atoms with van der Waals surface area (Å²) in [5.41, 5.74) is 1.65. The predicted molar refractivity (Wildman–Crippen MR) is 133 cm³/mol. The average molecular weight is 475 g/mol. The van der Waals surface area contributed by atoms with Crippen LogP contribution in [0.1, 0.15) is 48.2 Å². The zero-order valence-electron chi connectivity index (χ0n) is 18.9. The Bertz CT molecular complexity index is 1310. The first kappa shape index (κ1) is 21.0. The minimum atomic E-state index is 0.0956. The van der Waals surface area contributed by atoms with Crippen LogP contribution in [0.2, 0.25) is 0 Å². The Morgan fingerprint density at radius 2 is 2.06 bits per heavy atom. The number of carbonyl (C=O) groups excluding carboxylic acids is 1. The molecule has 10 heteroatoms. The van der Waals surface area contributed by atoms with Crippen LogP contribution in [0.4, 0.5) is 17.6 Å². The molecule has 0 spiro atoms. The summed E-state index contributed by atoms with van der Waals surface area (Å²) in [5, 5.41) is 17.1. The van der Waals surface area contributed by atoms with Gasteiger partial charge in [-0.15, -0.1) is 11.3 Å². The van der Waals surface area contributed by atoms with Crippen LogP contribution >= 0.6 is 11.3 Å². The minimum absolute atomic E-state index is 0.0956. The van der Waals surface area contributed by atoms with Crippen LogP contribution in [0.3, 0.4) is 0 Å². The monoisotopic (exact) mass is 474 g/mol. The molecule has 0 saturated carbocycles. The number of pyridine rings is 1. The number of amides is 1. The minimum Gasteiger partial charge on any atom is -0.351 e. The number of aromatic amines is 1. The molecule has 6 rings (SSSR count). The van der Waals surface area contributed by atoms with Crippen molar-refractivity contribution >= 4 is 45.0 Å². The highest BCUT2D eigenvalue weighted by Gasteiger charge is 2.41. The summed E-state index contributed by atoms with van der Waals surface area (Å²) < 4.78 is 0. The summed E-state index contributed by atoms with van der Waals surface area (Å²) in [6.45, 7) is 1.97. The number of hydrogen-bond acceptors (Lipinski definition) is 8. The van der Waals surface area contributed by atoms with Gasteiger partial charge in [0.25, 0.3) is 5.91 Å². The maximum absolute atomic E-state index is 13.2. The van der Waals surface area contributed by atoms with Gasteiger partial charge in [0, 0.05) is 42.3 Å². The van der Waals surface area contributed by atoms with Gasteiger partial charge in [0.15, 0.2) is 5.82 Å². The summed E-state index contributed by atoms with van der Waals surface area (Å²) in [5.74, 6) is 2.18. The number of aromatic nitrogens is 5. The van der Waals surface area contributed by atoms with Gasteiger partial charge in [0.05, 0.1) is 10.9 Å². The van der Waals surface area contributed by atoms with E-state index in [1.165, 1.54) is 0 Å². The normalized spacial score (nSPS) is 22.0. The summed E-state index contributed by atoms with van der Waals surface area (Å²) in [4.78, 5) is 30.0. The average Bonchev–Trinajstić information content (AvgIpc) is 3.47. The highest BCUT2D eigenvalue weighted by Crippen LogP contribution is 2.36. The van der Waals surface area contributed by atoms with Gasteiger partial charge in [-0.2, -0.15) is 10.1 Å². The lowest BCUT2D eigenvalue weighted by Gasteiger charge is -2.49. The summed E-state index contributed by atoms with van der Waals surface area (Å²) in [6.07, 6.45) is 8.35. The Kier molecular flexibility index (Phi) is 5.37. The molecule has 4 aromatic rings. The van der Waals surface area contributed by atoms with Crippen LogP contribution in [0.25, 0.3) is 10.2 Å². The van der Waals surface area contributed by atoms with E-state index in [1.54, 1.807) is 23.7 Å². The topological polar surface area (TPSA) is 112 Å². The highest BCUT2D eigenvalue weighted by molar-refractivity contribution is 7.16. The number of piperidine rings is 2. The SMILES string of the molecule is Cc1cc(Nc2nc(N[C@@H]3C[C@H]4CCC[C@@H](C3)N4C(=O)c3cccnc3)nc3sccc23)n[nH]1. The molecule has 2 aliphatic rings. The predicted octanol–water partition coefficient (Wildman–Crippen LogP) is 4.50. The number of hydrogen-bond donors (Lipinski definition) is 3. The van der Waals surface area contributed by atoms with Gasteiger partial charge in [-0.25, -0.2) is 4.98 Å². The van der Waals surface area contributed by atoms with Crippen molar-refractivity contribution in [3.63, 3.8) is 0 Å². The molecule has 1 amide bonds. The maximum Gasteiger partial charge on any atom is 0.255 e. The standard InChI is InChI=1S/C24H26N8OS/c1-14-10-20(31-30-14)27-21-19-7-9-34-22(19)29-24(28-21)26-16-11-17-5-2-6-18(12-16)32(17)23(33)15-4-3-8-25-13-15/h3-4,7-10,13,16-18H,2,5-6,11-12H2,1H3,(H3,26,27,28,29,30,31)/t16-,17-,18+. The van der Waals surface area contributed by atoms with Gasteiger partial charge >= 0.3 is 0 Å². The van der Waals surface area contributed by atoms with Gasteiger partial charge in [-0.3, -0.25) is 14.9 Å². The molecule has 34 heavy (non-hydrogen) atoms. The fraction of sp³-hybridized carbons (Fsp3) is 0.375. The van der Waals surface area contributed by atoms with E-state index in [2.05, 4.69) is 30.7 Å². The lowest BCUT2D eigenvalue weighted by molar-refractivity contribution is 0.0258. The smallest absolute Gasteiger partial charge is 0.255 e. The summed E-state index contributed by atoms with van der Waals surface area (Å²) in [7, 11) is 0. The van der Waals surface area contributed by atoms with E-state index < -0.39 is 0 Å². The van der Waals surface area contributed by atoms with Gasteiger partial charge in [-0.05, 0) is 62.6 Å². The number of anilines is 3. The zero-order valence-corrected chi connectivity index (χ0v) is 19.7. The Morgan fingerprint density at radius 1 is 1.21 bits per heavy atom. The zero-order chi connectivity index (χ0) is 23.1. The van der Waals surface area contributed by atoms with E-state index >= 15 is 0 Å². The Labute approximate surface area is 201 Å². The van der Waals surface area contributed by atoms with Crippen molar-refractivity contribution < 1.29 is 4.79 Å². The molecule has 6 heterocycles. The lowest BCUT2D eigenvalue weighted by Crippen LogP contribution is -2.57. The molecule has 0 unspecified atom stereocenters. The third kappa shape index (κ3) is 3.98. The summed E-state index contributed by atoms with van der Waals surface area (Å²) >= 11 is 1.59.